The molecule has 0 bridgehead atoms. The van der Waals surface area contributed by atoms with E-state index >= 15 is 0 Å². The molecule has 2 aliphatic rings. The molecular formula is C14H18N2O3S. The molecule has 0 heterocycles. The Morgan fingerprint density at radius 1 is 1.15 bits per heavy atom. The van der Waals surface area contributed by atoms with E-state index in [1.807, 2.05) is 0 Å². The van der Waals surface area contributed by atoms with Crippen LogP contribution < -0.4 is 10.0 Å². The number of carbonyl (C=O) groups excluding carboxylic acids is 1. The minimum atomic E-state index is -3.47. The van der Waals surface area contributed by atoms with Gasteiger partial charge in [-0.25, -0.2) is 13.1 Å². The van der Waals surface area contributed by atoms with Gasteiger partial charge in [-0.05, 0) is 43.9 Å². The Labute approximate surface area is 118 Å². The molecule has 0 aromatic heterocycles. The van der Waals surface area contributed by atoms with E-state index in [-0.39, 0.29) is 22.8 Å². The Morgan fingerprint density at radius 2 is 1.90 bits per heavy atom. The Morgan fingerprint density at radius 3 is 2.50 bits per heavy atom. The van der Waals surface area contributed by atoms with E-state index in [1.54, 1.807) is 18.2 Å². The zero-order chi connectivity index (χ0) is 14.2. The van der Waals surface area contributed by atoms with Crippen LogP contribution in [0.3, 0.4) is 0 Å². The molecule has 1 amide bonds. The van der Waals surface area contributed by atoms with Crippen molar-refractivity contribution >= 4 is 21.6 Å². The molecule has 0 radical (unpaired) electrons. The van der Waals surface area contributed by atoms with Crippen LogP contribution in [0.4, 0.5) is 5.69 Å². The molecule has 2 N–H and O–H groups in total. The molecule has 1 aromatic rings. The molecule has 2 fully saturated rings. The van der Waals surface area contributed by atoms with Crippen LogP contribution in [-0.2, 0) is 14.8 Å². The maximum Gasteiger partial charge on any atom is 0.240 e. The van der Waals surface area contributed by atoms with Crippen LogP contribution in [-0.4, -0.2) is 20.4 Å². The molecule has 2 aliphatic carbocycles. The summed E-state index contributed by atoms with van der Waals surface area (Å²) in [5, 5.41) is 2.79. The van der Waals surface area contributed by atoms with Crippen molar-refractivity contribution < 1.29 is 13.2 Å². The maximum absolute atomic E-state index is 12.1. The number of carbonyl (C=O) groups is 1. The van der Waals surface area contributed by atoms with Crippen LogP contribution in [0.15, 0.2) is 29.2 Å². The van der Waals surface area contributed by atoms with Gasteiger partial charge in [0.2, 0.25) is 15.9 Å². The normalized spacial score (nSPS) is 19.4. The van der Waals surface area contributed by atoms with E-state index < -0.39 is 10.0 Å². The van der Waals surface area contributed by atoms with E-state index in [2.05, 4.69) is 10.0 Å². The Balaban J connectivity index is 1.73. The second kappa shape index (κ2) is 5.18. The van der Waals surface area contributed by atoms with Gasteiger partial charge in [-0.2, -0.15) is 0 Å². The van der Waals surface area contributed by atoms with Gasteiger partial charge in [0.05, 0.1) is 4.90 Å². The largest absolute Gasteiger partial charge is 0.326 e. The first-order valence-corrected chi connectivity index (χ1v) is 8.46. The third kappa shape index (κ3) is 3.02. The van der Waals surface area contributed by atoms with Gasteiger partial charge >= 0.3 is 0 Å². The van der Waals surface area contributed by atoms with Crippen molar-refractivity contribution in [2.24, 2.45) is 5.92 Å². The van der Waals surface area contributed by atoms with E-state index in [1.165, 1.54) is 6.07 Å². The molecule has 0 aliphatic heterocycles. The summed E-state index contributed by atoms with van der Waals surface area (Å²) in [7, 11) is -3.47. The van der Waals surface area contributed by atoms with Gasteiger partial charge in [0.25, 0.3) is 0 Å². The zero-order valence-electron chi connectivity index (χ0n) is 11.1. The number of hydrogen-bond acceptors (Lipinski definition) is 3. The fraction of sp³-hybridized carbons (Fsp3) is 0.500. The molecule has 108 valence electrons. The van der Waals surface area contributed by atoms with Gasteiger partial charge in [0.1, 0.15) is 0 Å². The molecule has 2 saturated carbocycles. The van der Waals surface area contributed by atoms with E-state index in [0.29, 0.717) is 5.69 Å². The van der Waals surface area contributed by atoms with E-state index in [0.717, 1.165) is 32.1 Å². The monoisotopic (exact) mass is 294 g/mol. The lowest BCUT2D eigenvalue weighted by Crippen LogP contribution is -2.28. The van der Waals surface area contributed by atoms with Crippen molar-refractivity contribution in [3.8, 4) is 0 Å². The van der Waals surface area contributed by atoms with Crippen molar-refractivity contribution in [2.45, 2.75) is 43.0 Å². The number of sulfonamides is 1. The Hall–Kier alpha value is -1.40. The molecule has 1 aromatic carbocycles. The summed E-state index contributed by atoms with van der Waals surface area (Å²) in [5.41, 5.74) is 0.542. The molecule has 20 heavy (non-hydrogen) atoms. The second-order valence-electron chi connectivity index (χ2n) is 5.54. The standard InChI is InChI=1S/C14H18N2O3S/c17-14(10-3-1-4-10)15-12-5-2-6-13(9-12)20(18,19)16-11-7-8-11/h2,5-6,9-11,16H,1,3-4,7-8H2,(H,15,17). The predicted octanol–water partition coefficient (Wildman–Crippen LogP) is 1.87. The van der Waals surface area contributed by atoms with Crippen molar-refractivity contribution in [3.63, 3.8) is 0 Å². The van der Waals surface area contributed by atoms with Crippen molar-refractivity contribution in [3.05, 3.63) is 24.3 Å². The summed E-state index contributed by atoms with van der Waals surface area (Å²) < 4.78 is 26.8. The lowest BCUT2D eigenvalue weighted by molar-refractivity contribution is -0.122. The smallest absolute Gasteiger partial charge is 0.240 e. The first-order valence-electron chi connectivity index (χ1n) is 6.98. The van der Waals surface area contributed by atoms with Crippen LogP contribution >= 0.6 is 0 Å². The van der Waals surface area contributed by atoms with Crippen molar-refractivity contribution in [1.82, 2.24) is 4.72 Å². The quantitative estimate of drug-likeness (QED) is 0.870. The topological polar surface area (TPSA) is 75.3 Å². The molecule has 0 spiro atoms. The Bertz CT molecular complexity index is 619. The molecule has 0 unspecified atom stereocenters. The summed E-state index contributed by atoms with van der Waals surface area (Å²) in [4.78, 5) is 12.1. The number of anilines is 1. The summed E-state index contributed by atoms with van der Waals surface area (Å²) in [6.07, 6.45) is 4.74. The highest BCUT2D eigenvalue weighted by atomic mass is 32.2. The average molecular weight is 294 g/mol. The lowest BCUT2D eigenvalue weighted by Gasteiger charge is -2.24. The van der Waals surface area contributed by atoms with Gasteiger partial charge in [-0.15, -0.1) is 0 Å². The predicted molar refractivity (Wildman–Crippen MR) is 75.8 cm³/mol. The fourth-order valence-electron chi connectivity index (χ4n) is 2.14. The third-order valence-electron chi connectivity index (χ3n) is 3.79. The van der Waals surface area contributed by atoms with E-state index in [9.17, 15) is 13.2 Å². The molecule has 6 heteroatoms. The highest BCUT2D eigenvalue weighted by molar-refractivity contribution is 7.89. The first kappa shape index (κ1) is 13.6. The van der Waals surface area contributed by atoms with Crippen LogP contribution in [0.1, 0.15) is 32.1 Å². The van der Waals surface area contributed by atoms with Crippen molar-refractivity contribution in [2.75, 3.05) is 5.32 Å². The molecule has 0 saturated heterocycles. The number of amides is 1. The SMILES string of the molecule is O=C(Nc1cccc(S(=O)(=O)NC2CC2)c1)C1CCC1. The molecule has 5 nitrogen and oxygen atoms in total. The summed E-state index contributed by atoms with van der Waals surface area (Å²) >= 11 is 0. The fourth-order valence-corrected chi connectivity index (χ4v) is 3.49. The van der Waals surface area contributed by atoms with Crippen molar-refractivity contribution in [1.29, 1.82) is 0 Å². The minimum Gasteiger partial charge on any atom is -0.326 e. The maximum atomic E-state index is 12.1. The zero-order valence-corrected chi connectivity index (χ0v) is 11.9. The van der Waals surface area contributed by atoms with Gasteiger partial charge in [-0.1, -0.05) is 12.5 Å². The van der Waals surface area contributed by atoms with Crippen LogP contribution in [0.5, 0.6) is 0 Å². The van der Waals surface area contributed by atoms with Crippen LogP contribution in [0.2, 0.25) is 0 Å². The van der Waals surface area contributed by atoms with Gasteiger partial charge < -0.3 is 5.32 Å². The van der Waals surface area contributed by atoms with Crippen LogP contribution in [0.25, 0.3) is 0 Å². The van der Waals surface area contributed by atoms with Gasteiger partial charge in [0.15, 0.2) is 0 Å². The number of nitrogens with one attached hydrogen (secondary N) is 2. The minimum absolute atomic E-state index is 0.0130. The van der Waals surface area contributed by atoms with E-state index in [4.69, 9.17) is 0 Å². The first-order chi connectivity index (χ1) is 9.54. The number of hydrogen-bond donors (Lipinski definition) is 2. The Kier molecular flexibility index (Phi) is 3.52. The lowest BCUT2D eigenvalue weighted by atomic mass is 9.85. The molecule has 3 rings (SSSR count). The van der Waals surface area contributed by atoms with Gasteiger partial charge in [-0.3, -0.25) is 4.79 Å². The average Bonchev–Trinajstić information content (AvgIpc) is 3.10. The summed E-state index contributed by atoms with van der Waals surface area (Å²) in [5.74, 6) is 0.0702. The summed E-state index contributed by atoms with van der Waals surface area (Å²) in [6, 6.07) is 6.50. The summed E-state index contributed by atoms with van der Waals surface area (Å²) in [6.45, 7) is 0. The van der Waals surface area contributed by atoms with Gasteiger partial charge in [0, 0.05) is 17.6 Å². The number of rotatable bonds is 5. The number of benzene rings is 1. The highest BCUT2D eigenvalue weighted by Gasteiger charge is 2.28. The molecule has 0 atom stereocenters. The second-order valence-corrected chi connectivity index (χ2v) is 7.25. The third-order valence-corrected chi connectivity index (χ3v) is 5.31. The highest BCUT2D eigenvalue weighted by Crippen LogP contribution is 2.28. The molecular weight excluding hydrogens is 276 g/mol. The van der Waals surface area contributed by atoms with Crippen LogP contribution in [0, 0.1) is 5.92 Å².